The molecule has 1 aliphatic rings. The first-order valence-electron chi connectivity index (χ1n) is 7.86. The molecule has 2 unspecified atom stereocenters. The number of ether oxygens (including phenoxy) is 1. The molecule has 0 aliphatic carbocycles. The van der Waals surface area contributed by atoms with Crippen molar-refractivity contribution in [3.05, 3.63) is 23.4 Å². The van der Waals surface area contributed by atoms with Gasteiger partial charge < -0.3 is 15.0 Å². The summed E-state index contributed by atoms with van der Waals surface area (Å²) in [4.78, 5) is 7.16. The minimum absolute atomic E-state index is 0.124. The fourth-order valence-electron chi connectivity index (χ4n) is 2.51. The van der Waals surface area contributed by atoms with Crippen LogP contribution in [0.25, 0.3) is 0 Å². The second kappa shape index (κ2) is 6.32. The van der Waals surface area contributed by atoms with Crippen LogP contribution in [0.5, 0.6) is 0 Å². The molecule has 1 fully saturated rings. The number of nitrogens with zero attached hydrogens (tertiary/aromatic N) is 2. The van der Waals surface area contributed by atoms with Crippen molar-refractivity contribution in [2.45, 2.75) is 65.8 Å². The molecule has 118 valence electrons. The summed E-state index contributed by atoms with van der Waals surface area (Å²) in [7, 11) is 0. The van der Waals surface area contributed by atoms with E-state index >= 15 is 0 Å². The molecule has 2 heterocycles. The molecular weight excluding hydrogens is 262 g/mol. The fraction of sp³-hybridized carbons (Fsp3) is 0.706. The van der Waals surface area contributed by atoms with Gasteiger partial charge in [0, 0.05) is 24.3 Å². The molecule has 1 aromatic rings. The summed E-state index contributed by atoms with van der Waals surface area (Å²) in [5.41, 5.74) is 2.50. The zero-order valence-corrected chi connectivity index (χ0v) is 14.2. The van der Waals surface area contributed by atoms with Crippen molar-refractivity contribution >= 4 is 5.82 Å². The van der Waals surface area contributed by atoms with Gasteiger partial charge >= 0.3 is 0 Å². The van der Waals surface area contributed by atoms with Gasteiger partial charge in [-0.15, -0.1) is 0 Å². The third-order valence-corrected chi connectivity index (χ3v) is 3.89. The van der Waals surface area contributed by atoms with Crippen LogP contribution >= 0.6 is 0 Å². The molecule has 2 atom stereocenters. The lowest BCUT2D eigenvalue weighted by molar-refractivity contribution is 0.0340. The van der Waals surface area contributed by atoms with Gasteiger partial charge in [0.2, 0.25) is 0 Å². The molecule has 4 heteroatoms. The van der Waals surface area contributed by atoms with Gasteiger partial charge in [0.1, 0.15) is 5.82 Å². The standard InChI is InChI=1S/C17H29N3O/c1-12-11-21-13(2)10-20(12)16-8-7-15(14(3)19-16)9-18-17(4,5)6/h7-8,12-13,18H,9-11H2,1-6H3. The zero-order chi connectivity index (χ0) is 15.6. The number of hydrogen-bond acceptors (Lipinski definition) is 4. The lowest BCUT2D eigenvalue weighted by Crippen LogP contribution is -2.47. The minimum Gasteiger partial charge on any atom is -0.375 e. The Morgan fingerprint density at radius 2 is 2.05 bits per heavy atom. The quantitative estimate of drug-likeness (QED) is 0.929. The molecule has 0 spiro atoms. The van der Waals surface area contributed by atoms with Crippen molar-refractivity contribution in [3.8, 4) is 0 Å². The number of anilines is 1. The first kappa shape index (κ1) is 16.2. The Kier molecular flexibility index (Phi) is 4.89. The minimum atomic E-state index is 0.124. The van der Waals surface area contributed by atoms with E-state index in [-0.39, 0.29) is 11.6 Å². The Labute approximate surface area is 128 Å². The van der Waals surface area contributed by atoms with E-state index < -0.39 is 0 Å². The zero-order valence-electron chi connectivity index (χ0n) is 14.2. The highest BCUT2D eigenvalue weighted by Crippen LogP contribution is 2.21. The van der Waals surface area contributed by atoms with E-state index in [1.807, 2.05) is 0 Å². The van der Waals surface area contributed by atoms with E-state index in [2.05, 4.69) is 63.9 Å². The summed E-state index contributed by atoms with van der Waals surface area (Å²) in [5, 5.41) is 3.52. The molecule has 4 nitrogen and oxygen atoms in total. The lowest BCUT2D eigenvalue weighted by atomic mass is 10.1. The summed E-state index contributed by atoms with van der Waals surface area (Å²) in [5.74, 6) is 1.06. The Balaban J connectivity index is 2.11. The Hall–Kier alpha value is -1.13. The molecule has 21 heavy (non-hydrogen) atoms. The van der Waals surface area contributed by atoms with Gasteiger partial charge in [0.05, 0.1) is 18.8 Å². The van der Waals surface area contributed by atoms with Crippen LogP contribution in [0.4, 0.5) is 5.82 Å². The Morgan fingerprint density at radius 1 is 1.33 bits per heavy atom. The Bertz CT molecular complexity index is 481. The number of pyridine rings is 1. The first-order chi connectivity index (χ1) is 9.76. The van der Waals surface area contributed by atoms with E-state index in [1.165, 1.54) is 5.56 Å². The summed E-state index contributed by atoms with van der Waals surface area (Å²) in [6.07, 6.45) is 0.269. The molecule has 2 rings (SSSR count). The molecule has 0 radical (unpaired) electrons. The van der Waals surface area contributed by atoms with Crippen LogP contribution in [0.15, 0.2) is 12.1 Å². The van der Waals surface area contributed by atoms with Gasteiger partial charge in [0.15, 0.2) is 0 Å². The average Bonchev–Trinajstić information content (AvgIpc) is 2.39. The molecule has 0 amide bonds. The third kappa shape index (κ3) is 4.42. The summed E-state index contributed by atoms with van der Waals surface area (Å²) in [6.45, 7) is 15.5. The summed E-state index contributed by atoms with van der Waals surface area (Å²) < 4.78 is 5.69. The van der Waals surface area contributed by atoms with Crippen molar-refractivity contribution in [1.82, 2.24) is 10.3 Å². The second-order valence-corrected chi connectivity index (χ2v) is 7.16. The molecule has 0 aromatic carbocycles. The molecule has 0 saturated carbocycles. The number of aryl methyl sites for hydroxylation is 1. The van der Waals surface area contributed by atoms with Crippen molar-refractivity contribution in [2.24, 2.45) is 0 Å². The highest BCUT2D eigenvalue weighted by Gasteiger charge is 2.24. The van der Waals surface area contributed by atoms with Crippen LogP contribution in [0.1, 0.15) is 45.9 Å². The Morgan fingerprint density at radius 3 is 2.67 bits per heavy atom. The SMILES string of the molecule is Cc1nc(N2CC(C)OCC2C)ccc1CNC(C)(C)C. The maximum atomic E-state index is 5.69. The van der Waals surface area contributed by atoms with E-state index in [4.69, 9.17) is 9.72 Å². The van der Waals surface area contributed by atoms with Gasteiger partial charge in [-0.1, -0.05) is 6.07 Å². The van der Waals surface area contributed by atoms with Crippen molar-refractivity contribution < 1.29 is 4.74 Å². The highest BCUT2D eigenvalue weighted by atomic mass is 16.5. The summed E-state index contributed by atoms with van der Waals surface area (Å²) >= 11 is 0. The lowest BCUT2D eigenvalue weighted by Gasteiger charge is -2.37. The number of aromatic nitrogens is 1. The molecule has 0 bridgehead atoms. The van der Waals surface area contributed by atoms with Gasteiger partial charge in [0.25, 0.3) is 0 Å². The van der Waals surface area contributed by atoms with Crippen LogP contribution in [0, 0.1) is 6.92 Å². The topological polar surface area (TPSA) is 37.4 Å². The highest BCUT2D eigenvalue weighted by molar-refractivity contribution is 5.43. The molecule has 1 aromatic heterocycles. The second-order valence-electron chi connectivity index (χ2n) is 7.16. The molecule has 1 saturated heterocycles. The van der Waals surface area contributed by atoms with Gasteiger partial charge in [-0.05, 0) is 53.2 Å². The van der Waals surface area contributed by atoms with Crippen LogP contribution in [0.3, 0.4) is 0 Å². The maximum Gasteiger partial charge on any atom is 0.129 e. The van der Waals surface area contributed by atoms with Crippen molar-refractivity contribution in [1.29, 1.82) is 0 Å². The number of hydrogen-bond donors (Lipinski definition) is 1. The monoisotopic (exact) mass is 291 g/mol. The van der Waals surface area contributed by atoms with Crippen LogP contribution in [-0.2, 0) is 11.3 Å². The van der Waals surface area contributed by atoms with E-state index in [1.54, 1.807) is 0 Å². The third-order valence-electron chi connectivity index (χ3n) is 3.89. The van der Waals surface area contributed by atoms with Crippen molar-refractivity contribution in [2.75, 3.05) is 18.1 Å². The normalized spacial score (nSPS) is 23.4. The van der Waals surface area contributed by atoms with Crippen LogP contribution in [-0.4, -0.2) is 35.8 Å². The van der Waals surface area contributed by atoms with E-state index in [0.717, 1.165) is 31.2 Å². The van der Waals surface area contributed by atoms with Crippen LogP contribution < -0.4 is 10.2 Å². The van der Waals surface area contributed by atoms with Crippen LogP contribution in [0.2, 0.25) is 0 Å². The largest absolute Gasteiger partial charge is 0.375 e. The average molecular weight is 291 g/mol. The summed E-state index contributed by atoms with van der Waals surface area (Å²) in [6, 6.07) is 4.72. The molecule has 1 N–H and O–H groups in total. The number of morpholine rings is 1. The van der Waals surface area contributed by atoms with E-state index in [9.17, 15) is 0 Å². The first-order valence-corrected chi connectivity index (χ1v) is 7.86. The predicted molar refractivity (Wildman–Crippen MR) is 87.8 cm³/mol. The van der Waals surface area contributed by atoms with Gasteiger partial charge in [-0.25, -0.2) is 4.98 Å². The molecular formula is C17H29N3O. The van der Waals surface area contributed by atoms with Gasteiger partial charge in [-0.3, -0.25) is 0 Å². The van der Waals surface area contributed by atoms with E-state index in [0.29, 0.717) is 6.04 Å². The predicted octanol–water partition coefficient (Wildman–Crippen LogP) is 2.89. The van der Waals surface area contributed by atoms with Crippen molar-refractivity contribution in [3.63, 3.8) is 0 Å². The molecule has 1 aliphatic heterocycles. The smallest absolute Gasteiger partial charge is 0.129 e. The fourth-order valence-corrected chi connectivity index (χ4v) is 2.51. The maximum absolute atomic E-state index is 5.69. The van der Waals surface area contributed by atoms with Gasteiger partial charge in [-0.2, -0.15) is 0 Å². The number of rotatable bonds is 3. The number of nitrogens with one attached hydrogen (secondary N) is 1.